The van der Waals surface area contributed by atoms with Crippen LogP contribution in [0, 0.1) is 17.7 Å². The number of hydrogen-bond donors (Lipinski definition) is 1. The first-order valence-electron chi connectivity index (χ1n) is 6.32. The van der Waals surface area contributed by atoms with E-state index in [-0.39, 0.29) is 5.56 Å². The number of benzene rings is 1. The molecule has 1 saturated carbocycles. The summed E-state index contributed by atoms with van der Waals surface area (Å²) in [6.07, 6.45) is 2.48. The van der Waals surface area contributed by atoms with E-state index in [9.17, 15) is 9.18 Å². The van der Waals surface area contributed by atoms with Crippen LogP contribution in [-0.2, 0) is 6.54 Å². The van der Waals surface area contributed by atoms with E-state index in [1.54, 1.807) is 4.68 Å². The largest absolute Gasteiger partial charge is 0.478 e. The third-order valence-electron chi connectivity index (χ3n) is 3.72. The maximum Gasteiger partial charge on any atom is 0.338 e. The summed E-state index contributed by atoms with van der Waals surface area (Å²) in [5.74, 6) is -0.836. The average Bonchev–Trinajstić information content (AvgIpc) is 3.14. The number of fused-ring (bicyclic) bond motifs is 1. The van der Waals surface area contributed by atoms with Gasteiger partial charge in [0.15, 0.2) is 0 Å². The summed E-state index contributed by atoms with van der Waals surface area (Å²) in [5, 5.41) is 16.8. The normalized spacial score (nSPS) is 16.7. The van der Waals surface area contributed by atoms with Gasteiger partial charge in [0.05, 0.1) is 11.1 Å². The molecule has 1 aliphatic rings. The van der Waals surface area contributed by atoms with Crippen LogP contribution in [0.4, 0.5) is 4.39 Å². The molecule has 3 rings (SSSR count). The Bertz CT molecular complexity index is 649. The maximum absolute atomic E-state index is 13.7. The molecule has 1 aliphatic carbocycles. The van der Waals surface area contributed by atoms with Gasteiger partial charge in [0.25, 0.3) is 0 Å². The topological polar surface area (TPSA) is 68.0 Å². The van der Waals surface area contributed by atoms with E-state index < -0.39 is 11.8 Å². The number of nitrogens with zero attached hydrogens (tertiary/aromatic N) is 3. The molecule has 0 bridgehead atoms. The summed E-state index contributed by atoms with van der Waals surface area (Å²) >= 11 is 0. The van der Waals surface area contributed by atoms with Crippen molar-refractivity contribution in [2.75, 3.05) is 0 Å². The molecule has 1 aromatic carbocycles. The zero-order valence-electron chi connectivity index (χ0n) is 10.5. The lowest BCUT2D eigenvalue weighted by atomic mass is 10.1. The Kier molecular flexibility index (Phi) is 2.73. The van der Waals surface area contributed by atoms with Gasteiger partial charge >= 0.3 is 5.97 Å². The molecule has 1 atom stereocenters. The van der Waals surface area contributed by atoms with Crippen molar-refractivity contribution in [3.63, 3.8) is 0 Å². The average molecular weight is 263 g/mol. The highest BCUT2D eigenvalue weighted by Gasteiger charge is 2.28. The molecule has 1 heterocycles. The van der Waals surface area contributed by atoms with Crippen molar-refractivity contribution in [2.24, 2.45) is 11.8 Å². The van der Waals surface area contributed by atoms with E-state index in [0.29, 0.717) is 23.5 Å². The monoisotopic (exact) mass is 263 g/mol. The second kappa shape index (κ2) is 4.29. The second-order valence-electron chi connectivity index (χ2n) is 5.21. The quantitative estimate of drug-likeness (QED) is 0.919. The number of carboxylic acid groups (broad SMARTS) is 1. The molecule has 0 aliphatic heterocycles. The van der Waals surface area contributed by atoms with Gasteiger partial charge in [-0.3, -0.25) is 0 Å². The Morgan fingerprint density at radius 2 is 2.32 bits per heavy atom. The van der Waals surface area contributed by atoms with Crippen molar-refractivity contribution >= 4 is 17.0 Å². The molecule has 1 unspecified atom stereocenters. The molecule has 0 saturated heterocycles. The van der Waals surface area contributed by atoms with Gasteiger partial charge in [0.2, 0.25) is 0 Å². The fourth-order valence-electron chi connectivity index (χ4n) is 2.37. The van der Waals surface area contributed by atoms with Gasteiger partial charge in [-0.25, -0.2) is 13.9 Å². The Morgan fingerprint density at radius 1 is 1.58 bits per heavy atom. The number of hydrogen-bond acceptors (Lipinski definition) is 3. The molecule has 0 radical (unpaired) electrons. The Morgan fingerprint density at radius 3 is 2.95 bits per heavy atom. The van der Waals surface area contributed by atoms with Crippen LogP contribution in [0.25, 0.3) is 11.0 Å². The summed E-state index contributed by atoms with van der Waals surface area (Å²) in [5.41, 5.74) is 0.603. The maximum atomic E-state index is 13.7. The van der Waals surface area contributed by atoms with Gasteiger partial charge in [-0.15, -0.1) is 5.10 Å². The van der Waals surface area contributed by atoms with Gasteiger partial charge in [-0.2, -0.15) is 0 Å². The molecule has 1 N–H and O–H groups in total. The third kappa shape index (κ3) is 2.18. The zero-order valence-corrected chi connectivity index (χ0v) is 10.5. The summed E-state index contributed by atoms with van der Waals surface area (Å²) < 4.78 is 15.3. The lowest BCUT2D eigenvalue weighted by molar-refractivity contribution is 0.0692. The first kappa shape index (κ1) is 12.1. The van der Waals surface area contributed by atoms with Crippen LogP contribution in [0.15, 0.2) is 12.1 Å². The number of halogens is 1. The lowest BCUT2D eigenvalue weighted by Gasteiger charge is -2.10. The lowest BCUT2D eigenvalue weighted by Crippen LogP contribution is -2.11. The number of carboxylic acids is 1. The van der Waals surface area contributed by atoms with Crippen LogP contribution in [0.2, 0.25) is 0 Å². The molecule has 2 aromatic rings. The van der Waals surface area contributed by atoms with E-state index >= 15 is 0 Å². The summed E-state index contributed by atoms with van der Waals surface area (Å²) in [4.78, 5) is 10.9. The molecule has 0 amide bonds. The molecule has 1 fully saturated rings. The number of aromatic carboxylic acids is 1. The summed E-state index contributed by atoms with van der Waals surface area (Å²) in [7, 11) is 0. The van der Waals surface area contributed by atoms with Crippen molar-refractivity contribution in [2.45, 2.75) is 26.3 Å². The van der Waals surface area contributed by atoms with Crippen LogP contribution in [-0.4, -0.2) is 26.1 Å². The van der Waals surface area contributed by atoms with E-state index in [0.717, 1.165) is 5.92 Å². The van der Waals surface area contributed by atoms with E-state index in [2.05, 4.69) is 17.2 Å². The fourth-order valence-corrected chi connectivity index (χ4v) is 2.37. The molecular weight excluding hydrogens is 249 g/mol. The molecule has 1 aromatic heterocycles. The SMILES string of the molecule is CC(Cn1nnc2cc(C(=O)O)c(F)cc21)C1CC1. The van der Waals surface area contributed by atoms with Gasteiger partial charge in [-0.05, 0) is 30.7 Å². The molecule has 5 nitrogen and oxygen atoms in total. The van der Waals surface area contributed by atoms with Crippen LogP contribution < -0.4 is 0 Å². The smallest absolute Gasteiger partial charge is 0.338 e. The van der Waals surface area contributed by atoms with Gasteiger partial charge in [0, 0.05) is 12.6 Å². The highest BCUT2D eigenvalue weighted by Crippen LogP contribution is 2.37. The van der Waals surface area contributed by atoms with Crippen LogP contribution in [0.1, 0.15) is 30.1 Å². The zero-order chi connectivity index (χ0) is 13.6. The molecule has 19 heavy (non-hydrogen) atoms. The van der Waals surface area contributed by atoms with Crippen LogP contribution in [0.3, 0.4) is 0 Å². The Labute approximate surface area is 109 Å². The van der Waals surface area contributed by atoms with Gasteiger partial charge in [0.1, 0.15) is 11.3 Å². The molecular formula is C13H14FN3O2. The van der Waals surface area contributed by atoms with Crippen LogP contribution in [0.5, 0.6) is 0 Å². The number of aromatic nitrogens is 3. The Hall–Kier alpha value is -1.98. The first-order valence-corrected chi connectivity index (χ1v) is 6.32. The molecule has 100 valence electrons. The van der Waals surface area contributed by atoms with Gasteiger partial charge < -0.3 is 5.11 Å². The number of rotatable bonds is 4. The minimum Gasteiger partial charge on any atom is -0.478 e. The molecule has 6 heteroatoms. The first-order chi connectivity index (χ1) is 9.06. The molecule has 0 spiro atoms. The minimum absolute atomic E-state index is 0.366. The fraction of sp³-hybridized carbons (Fsp3) is 0.462. The summed E-state index contributed by atoms with van der Waals surface area (Å²) in [6, 6.07) is 2.44. The highest BCUT2D eigenvalue weighted by molar-refractivity contribution is 5.92. The van der Waals surface area contributed by atoms with Gasteiger partial charge in [-0.1, -0.05) is 12.1 Å². The predicted molar refractivity (Wildman–Crippen MR) is 66.3 cm³/mol. The van der Waals surface area contributed by atoms with Crippen molar-refractivity contribution in [1.82, 2.24) is 15.0 Å². The van der Waals surface area contributed by atoms with Crippen molar-refractivity contribution < 1.29 is 14.3 Å². The second-order valence-corrected chi connectivity index (χ2v) is 5.21. The van der Waals surface area contributed by atoms with E-state index in [1.807, 2.05) is 0 Å². The minimum atomic E-state index is -1.29. The third-order valence-corrected chi connectivity index (χ3v) is 3.72. The number of carbonyl (C=O) groups is 1. The van der Waals surface area contributed by atoms with E-state index in [4.69, 9.17) is 5.11 Å². The summed E-state index contributed by atoms with van der Waals surface area (Å²) in [6.45, 7) is 2.83. The van der Waals surface area contributed by atoms with E-state index in [1.165, 1.54) is 25.0 Å². The van der Waals surface area contributed by atoms with Crippen molar-refractivity contribution in [3.05, 3.63) is 23.5 Å². The highest BCUT2D eigenvalue weighted by atomic mass is 19.1. The standard InChI is InChI=1S/C13H14FN3O2/c1-7(8-2-3-8)6-17-12-5-10(14)9(13(18)19)4-11(12)15-16-17/h4-5,7-8H,2-3,6H2,1H3,(H,18,19). The van der Waals surface area contributed by atoms with Crippen molar-refractivity contribution in [3.8, 4) is 0 Å². The van der Waals surface area contributed by atoms with Crippen molar-refractivity contribution in [1.29, 1.82) is 0 Å². The predicted octanol–water partition coefficient (Wildman–Crippen LogP) is 2.31. The van der Waals surface area contributed by atoms with Crippen LogP contribution >= 0.6 is 0 Å². The Balaban J connectivity index is 1.98.